The summed E-state index contributed by atoms with van der Waals surface area (Å²) in [4.78, 5) is 0. The molecule has 0 spiro atoms. The third-order valence-corrected chi connectivity index (χ3v) is 6.58. The number of fused-ring (bicyclic) bond motifs is 2. The van der Waals surface area contributed by atoms with Gasteiger partial charge in [0.15, 0.2) is 0 Å². The minimum absolute atomic E-state index is 0.505. The molecule has 104 valence electrons. The summed E-state index contributed by atoms with van der Waals surface area (Å²) in [5.74, 6) is 4.25. The van der Waals surface area contributed by atoms with Crippen LogP contribution in [0.4, 0.5) is 0 Å². The molecule has 5 atom stereocenters. The first kappa shape index (κ1) is 13.0. The Morgan fingerprint density at radius 1 is 1.00 bits per heavy atom. The van der Waals surface area contributed by atoms with Crippen LogP contribution in [0.15, 0.2) is 0 Å². The van der Waals surface area contributed by atoms with E-state index in [1.165, 1.54) is 38.6 Å². The number of hydrogen-bond acceptors (Lipinski definition) is 1. The average Bonchev–Trinajstić information content (AvgIpc) is 2.84. The maximum Gasteiger partial charge on any atom is 0.0209 e. The third kappa shape index (κ3) is 2.03. The highest BCUT2D eigenvalue weighted by Gasteiger charge is 2.49. The SMILES string of the molecule is CCCC1(CC)NCCC2CC3CCCC3CC21. The van der Waals surface area contributed by atoms with E-state index >= 15 is 0 Å². The Morgan fingerprint density at radius 2 is 1.78 bits per heavy atom. The van der Waals surface area contributed by atoms with Crippen molar-refractivity contribution in [1.82, 2.24) is 5.32 Å². The molecule has 5 unspecified atom stereocenters. The van der Waals surface area contributed by atoms with Crippen LogP contribution in [0.25, 0.3) is 0 Å². The quantitative estimate of drug-likeness (QED) is 0.783. The molecule has 0 bridgehead atoms. The first-order chi connectivity index (χ1) is 8.79. The van der Waals surface area contributed by atoms with Crippen LogP contribution >= 0.6 is 0 Å². The van der Waals surface area contributed by atoms with Gasteiger partial charge in [0.25, 0.3) is 0 Å². The van der Waals surface area contributed by atoms with Crippen molar-refractivity contribution in [2.45, 2.75) is 77.2 Å². The van der Waals surface area contributed by atoms with Crippen molar-refractivity contribution in [1.29, 1.82) is 0 Å². The first-order valence-electron chi connectivity index (χ1n) is 8.54. The van der Waals surface area contributed by atoms with Crippen LogP contribution in [-0.2, 0) is 0 Å². The summed E-state index contributed by atoms with van der Waals surface area (Å²) < 4.78 is 0. The molecule has 1 saturated heterocycles. The van der Waals surface area contributed by atoms with Gasteiger partial charge in [0.2, 0.25) is 0 Å². The standard InChI is InChI=1S/C17H31N/c1-3-9-17(4-2)16-12-14-7-5-6-13(14)11-15(16)8-10-18-17/h13-16,18H,3-12H2,1-2H3. The maximum atomic E-state index is 3.96. The predicted molar refractivity (Wildman–Crippen MR) is 77.6 cm³/mol. The molecule has 0 radical (unpaired) electrons. The van der Waals surface area contributed by atoms with E-state index in [4.69, 9.17) is 0 Å². The van der Waals surface area contributed by atoms with E-state index in [1.54, 1.807) is 25.7 Å². The molecule has 1 N–H and O–H groups in total. The Kier molecular flexibility index (Phi) is 3.71. The smallest absolute Gasteiger partial charge is 0.0209 e. The summed E-state index contributed by atoms with van der Waals surface area (Å²) in [5.41, 5.74) is 0.505. The zero-order valence-corrected chi connectivity index (χ0v) is 12.4. The predicted octanol–water partition coefficient (Wildman–Crippen LogP) is 4.37. The molecular formula is C17H31N. The minimum atomic E-state index is 0.505. The lowest BCUT2D eigenvalue weighted by Crippen LogP contribution is -2.59. The Balaban J connectivity index is 1.80. The number of hydrogen-bond donors (Lipinski definition) is 1. The van der Waals surface area contributed by atoms with Crippen LogP contribution in [-0.4, -0.2) is 12.1 Å². The van der Waals surface area contributed by atoms with Crippen LogP contribution in [0.5, 0.6) is 0 Å². The second-order valence-corrected chi connectivity index (χ2v) is 7.26. The van der Waals surface area contributed by atoms with Crippen molar-refractivity contribution in [3.63, 3.8) is 0 Å². The van der Waals surface area contributed by atoms with E-state index < -0.39 is 0 Å². The second-order valence-electron chi connectivity index (χ2n) is 7.26. The summed E-state index contributed by atoms with van der Waals surface area (Å²) in [7, 11) is 0. The van der Waals surface area contributed by atoms with Gasteiger partial charge in [-0.25, -0.2) is 0 Å². The molecule has 1 aliphatic heterocycles. The molecule has 0 amide bonds. The summed E-state index contributed by atoms with van der Waals surface area (Å²) in [6.45, 7) is 6.07. The van der Waals surface area contributed by atoms with Crippen LogP contribution in [0.3, 0.4) is 0 Å². The molecule has 18 heavy (non-hydrogen) atoms. The molecule has 1 heteroatoms. The van der Waals surface area contributed by atoms with Gasteiger partial charge in [0, 0.05) is 5.54 Å². The molecule has 1 heterocycles. The second kappa shape index (κ2) is 5.15. The van der Waals surface area contributed by atoms with Crippen LogP contribution in [0.1, 0.15) is 71.6 Å². The third-order valence-electron chi connectivity index (χ3n) is 6.58. The first-order valence-corrected chi connectivity index (χ1v) is 8.54. The fourth-order valence-electron chi connectivity index (χ4n) is 5.72. The molecule has 2 aliphatic carbocycles. The minimum Gasteiger partial charge on any atom is -0.311 e. The molecule has 3 fully saturated rings. The van der Waals surface area contributed by atoms with Gasteiger partial charge in [-0.3, -0.25) is 0 Å². The summed E-state index contributed by atoms with van der Waals surface area (Å²) in [6, 6.07) is 0. The lowest BCUT2D eigenvalue weighted by molar-refractivity contribution is 0.00840. The molecule has 3 aliphatic rings. The normalized spacial score (nSPS) is 47.7. The summed E-state index contributed by atoms with van der Waals surface area (Å²) in [6.07, 6.45) is 13.3. The molecule has 1 nitrogen and oxygen atoms in total. The Hall–Kier alpha value is -0.0400. The van der Waals surface area contributed by atoms with E-state index in [-0.39, 0.29) is 0 Å². The Morgan fingerprint density at radius 3 is 2.50 bits per heavy atom. The van der Waals surface area contributed by atoms with Crippen LogP contribution < -0.4 is 5.32 Å². The lowest BCUT2D eigenvalue weighted by atomic mass is 9.58. The van der Waals surface area contributed by atoms with Crippen LogP contribution in [0.2, 0.25) is 0 Å². The van der Waals surface area contributed by atoms with Crippen molar-refractivity contribution in [3.8, 4) is 0 Å². The number of nitrogens with one attached hydrogen (secondary N) is 1. The highest BCUT2D eigenvalue weighted by molar-refractivity contribution is 5.04. The van der Waals surface area contributed by atoms with Gasteiger partial charge < -0.3 is 5.32 Å². The monoisotopic (exact) mass is 249 g/mol. The molecular weight excluding hydrogens is 218 g/mol. The van der Waals surface area contributed by atoms with Crippen molar-refractivity contribution >= 4 is 0 Å². The van der Waals surface area contributed by atoms with Crippen molar-refractivity contribution in [2.75, 3.05) is 6.54 Å². The largest absolute Gasteiger partial charge is 0.311 e. The number of piperidine rings is 1. The topological polar surface area (TPSA) is 12.0 Å². The van der Waals surface area contributed by atoms with E-state index in [2.05, 4.69) is 19.2 Å². The van der Waals surface area contributed by atoms with Gasteiger partial charge in [-0.05, 0) is 62.3 Å². The van der Waals surface area contributed by atoms with Gasteiger partial charge >= 0.3 is 0 Å². The van der Waals surface area contributed by atoms with Gasteiger partial charge in [0.05, 0.1) is 0 Å². The van der Waals surface area contributed by atoms with Crippen molar-refractivity contribution < 1.29 is 0 Å². The van der Waals surface area contributed by atoms with Gasteiger partial charge in [-0.15, -0.1) is 0 Å². The molecule has 2 saturated carbocycles. The molecule has 0 aromatic rings. The Labute approximate surface area is 113 Å². The van der Waals surface area contributed by atoms with E-state index in [0.717, 1.165) is 23.7 Å². The Bertz CT molecular complexity index is 283. The zero-order valence-electron chi connectivity index (χ0n) is 12.4. The zero-order chi connectivity index (χ0) is 12.6. The molecule has 3 rings (SSSR count). The van der Waals surface area contributed by atoms with Gasteiger partial charge in [-0.1, -0.05) is 39.5 Å². The van der Waals surface area contributed by atoms with Crippen molar-refractivity contribution in [2.24, 2.45) is 23.7 Å². The van der Waals surface area contributed by atoms with E-state index in [0.29, 0.717) is 5.54 Å². The summed E-state index contributed by atoms with van der Waals surface area (Å²) >= 11 is 0. The highest BCUT2D eigenvalue weighted by atomic mass is 15.0. The lowest BCUT2D eigenvalue weighted by Gasteiger charge is -2.53. The number of rotatable bonds is 3. The van der Waals surface area contributed by atoms with Gasteiger partial charge in [-0.2, -0.15) is 0 Å². The fraction of sp³-hybridized carbons (Fsp3) is 1.00. The summed E-state index contributed by atoms with van der Waals surface area (Å²) in [5, 5.41) is 3.96. The molecule has 0 aromatic heterocycles. The maximum absolute atomic E-state index is 3.96. The average molecular weight is 249 g/mol. The van der Waals surface area contributed by atoms with Crippen LogP contribution in [0, 0.1) is 23.7 Å². The van der Waals surface area contributed by atoms with Crippen molar-refractivity contribution in [3.05, 3.63) is 0 Å². The molecule has 0 aromatic carbocycles. The van der Waals surface area contributed by atoms with Gasteiger partial charge in [0.1, 0.15) is 0 Å². The van der Waals surface area contributed by atoms with E-state index in [1.807, 2.05) is 0 Å². The fourth-order valence-corrected chi connectivity index (χ4v) is 5.72. The highest BCUT2D eigenvalue weighted by Crippen LogP contribution is 2.53. The van der Waals surface area contributed by atoms with E-state index in [9.17, 15) is 0 Å².